The standard InChI is InChI=1S/C14H22F3N3/c1-4-12(18)13(14(15,16)17)20(5-2)9-11-8-6-7-10(3)19-11/h6-8,12-13H,4-5,9,18H2,1-3H3. The van der Waals surface area contributed by atoms with Gasteiger partial charge in [0.15, 0.2) is 0 Å². The summed E-state index contributed by atoms with van der Waals surface area (Å²) in [6.07, 6.45) is -4.06. The number of pyridine rings is 1. The SMILES string of the molecule is CCC(N)C(N(CC)Cc1cccc(C)n1)C(F)(F)F. The first-order valence-corrected chi connectivity index (χ1v) is 6.78. The Morgan fingerprint density at radius 1 is 1.30 bits per heavy atom. The molecule has 3 nitrogen and oxygen atoms in total. The summed E-state index contributed by atoms with van der Waals surface area (Å²) in [6.45, 7) is 5.61. The molecule has 6 heteroatoms. The van der Waals surface area contributed by atoms with Gasteiger partial charge in [-0.2, -0.15) is 13.2 Å². The average Bonchev–Trinajstić information content (AvgIpc) is 2.36. The van der Waals surface area contributed by atoms with Crippen LogP contribution in [-0.4, -0.2) is 34.7 Å². The Morgan fingerprint density at radius 3 is 2.40 bits per heavy atom. The van der Waals surface area contributed by atoms with E-state index in [1.165, 1.54) is 4.90 Å². The number of hydrogen-bond donors (Lipinski definition) is 1. The lowest BCUT2D eigenvalue weighted by Gasteiger charge is -2.35. The predicted octanol–water partition coefficient (Wildman–Crippen LogP) is 2.88. The topological polar surface area (TPSA) is 42.1 Å². The second kappa shape index (κ2) is 7.04. The van der Waals surface area contributed by atoms with E-state index < -0.39 is 18.3 Å². The number of nitrogens with zero attached hydrogens (tertiary/aromatic N) is 2. The summed E-state index contributed by atoms with van der Waals surface area (Å²) in [7, 11) is 0. The molecule has 0 saturated heterocycles. The maximum absolute atomic E-state index is 13.2. The summed E-state index contributed by atoms with van der Waals surface area (Å²) in [4.78, 5) is 5.60. The van der Waals surface area contributed by atoms with Crippen molar-refractivity contribution in [2.75, 3.05) is 6.54 Å². The second-order valence-electron chi connectivity index (χ2n) is 4.89. The smallest absolute Gasteiger partial charge is 0.326 e. The maximum atomic E-state index is 13.2. The van der Waals surface area contributed by atoms with Gasteiger partial charge in [-0.3, -0.25) is 9.88 Å². The van der Waals surface area contributed by atoms with Crippen molar-refractivity contribution in [1.82, 2.24) is 9.88 Å². The molecule has 1 rings (SSSR count). The van der Waals surface area contributed by atoms with Crippen molar-refractivity contribution in [2.45, 2.75) is 52.0 Å². The first kappa shape index (κ1) is 16.9. The third kappa shape index (κ3) is 4.45. The quantitative estimate of drug-likeness (QED) is 0.875. The highest BCUT2D eigenvalue weighted by molar-refractivity contribution is 5.10. The van der Waals surface area contributed by atoms with Gasteiger partial charge in [-0.15, -0.1) is 0 Å². The predicted molar refractivity (Wildman–Crippen MR) is 73.2 cm³/mol. The largest absolute Gasteiger partial charge is 0.405 e. The van der Waals surface area contributed by atoms with E-state index in [4.69, 9.17) is 5.73 Å². The molecule has 0 aliphatic rings. The van der Waals surface area contributed by atoms with Crippen molar-refractivity contribution in [3.05, 3.63) is 29.6 Å². The van der Waals surface area contributed by atoms with E-state index in [1.807, 2.05) is 13.0 Å². The zero-order valence-corrected chi connectivity index (χ0v) is 12.1. The minimum Gasteiger partial charge on any atom is -0.326 e. The number of aryl methyl sites for hydroxylation is 1. The van der Waals surface area contributed by atoms with E-state index in [0.717, 1.165) is 5.69 Å². The van der Waals surface area contributed by atoms with E-state index in [-0.39, 0.29) is 19.5 Å². The van der Waals surface area contributed by atoms with Gasteiger partial charge in [0.1, 0.15) is 6.04 Å². The molecule has 0 saturated carbocycles. The number of nitrogens with two attached hydrogens (primary N) is 1. The third-order valence-electron chi connectivity index (χ3n) is 3.32. The first-order valence-electron chi connectivity index (χ1n) is 6.78. The molecular formula is C14H22F3N3. The molecule has 0 spiro atoms. The second-order valence-corrected chi connectivity index (χ2v) is 4.89. The zero-order valence-electron chi connectivity index (χ0n) is 12.1. The van der Waals surface area contributed by atoms with Gasteiger partial charge in [-0.05, 0) is 32.0 Å². The van der Waals surface area contributed by atoms with Gasteiger partial charge in [-0.25, -0.2) is 0 Å². The molecule has 0 bridgehead atoms. The van der Waals surface area contributed by atoms with Crippen LogP contribution in [0.25, 0.3) is 0 Å². The minimum atomic E-state index is -4.34. The Morgan fingerprint density at radius 2 is 1.95 bits per heavy atom. The summed E-state index contributed by atoms with van der Waals surface area (Å²) < 4.78 is 39.7. The molecule has 2 atom stereocenters. The van der Waals surface area contributed by atoms with Crippen LogP contribution in [-0.2, 0) is 6.54 Å². The fourth-order valence-electron chi connectivity index (χ4n) is 2.25. The monoisotopic (exact) mass is 289 g/mol. The van der Waals surface area contributed by atoms with Crippen LogP contribution in [0.5, 0.6) is 0 Å². The number of hydrogen-bond acceptors (Lipinski definition) is 3. The Hall–Kier alpha value is -1.14. The fourth-order valence-corrected chi connectivity index (χ4v) is 2.25. The third-order valence-corrected chi connectivity index (χ3v) is 3.32. The maximum Gasteiger partial charge on any atom is 0.405 e. The van der Waals surface area contributed by atoms with Crippen LogP contribution < -0.4 is 5.73 Å². The Kier molecular flexibility index (Phi) is 5.95. The summed E-state index contributed by atoms with van der Waals surface area (Å²) in [5.74, 6) is 0. The first-order chi connectivity index (χ1) is 9.29. The van der Waals surface area contributed by atoms with E-state index in [1.54, 1.807) is 26.0 Å². The molecule has 2 unspecified atom stereocenters. The van der Waals surface area contributed by atoms with Crippen molar-refractivity contribution in [3.8, 4) is 0 Å². The molecular weight excluding hydrogens is 267 g/mol. The van der Waals surface area contributed by atoms with Crippen LogP contribution in [0.2, 0.25) is 0 Å². The fraction of sp³-hybridized carbons (Fsp3) is 0.643. The normalized spacial score (nSPS) is 15.4. The van der Waals surface area contributed by atoms with Crippen LogP contribution in [0.4, 0.5) is 13.2 Å². The van der Waals surface area contributed by atoms with Crippen LogP contribution in [0.15, 0.2) is 18.2 Å². The number of rotatable bonds is 6. The highest BCUT2D eigenvalue weighted by atomic mass is 19.4. The van der Waals surface area contributed by atoms with Crippen molar-refractivity contribution < 1.29 is 13.2 Å². The van der Waals surface area contributed by atoms with Crippen LogP contribution >= 0.6 is 0 Å². The lowest BCUT2D eigenvalue weighted by Crippen LogP contribution is -2.55. The number of likely N-dealkylation sites (N-methyl/N-ethyl adjacent to an activating group) is 1. The summed E-state index contributed by atoms with van der Waals surface area (Å²) >= 11 is 0. The van der Waals surface area contributed by atoms with Gasteiger partial charge in [0, 0.05) is 18.3 Å². The number of halogens is 3. The molecule has 0 aliphatic carbocycles. The van der Waals surface area contributed by atoms with Crippen LogP contribution in [0.3, 0.4) is 0 Å². The highest BCUT2D eigenvalue weighted by Crippen LogP contribution is 2.28. The van der Waals surface area contributed by atoms with Gasteiger partial charge in [0.25, 0.3) is 0 Å². The molecule has 1 aromatic rings. The molecule has 114 valence electrons. The Balaban J connectivity index is 2.96. The molecule has 1 heterocycles. The van der Waals surface area contributed by atoms with Gasteiger partial charge < -0.3 is 5.73 Å². The van der Waals surface area contributed by atoms with E-state index in [9.17, 15) is 13.2 Å². The highest BCUT2D eigenvalue weighted by Gasteiger charge is 2.46. The lowest BCUT2D eigenvalue weighted by molar-refractivity contribution is -0.190. The average molecular weight is 289 g/mol. The molecule has 0 aliphatic heterocycles. The zero-order chi connectivity index (χ0) is 15.3. The van der Waals surface area contributed by atoms with Gasteiger partial charge >= 0.3 is 6.18 Å². The molecule has 0 radical (unpaired) electrons. The lowest BCUT2D eigenvalue weighted by atomic mass is 10.0. The molecule has 1 aromatic heterocycles. The number of aromatic nitrogens is 1. The van der Waals surface area contributed by atoms with Crippen molar-refractivity contribution in [3.63, 3.8) is 0 Å². The van der Waals surface area contributed by atoms with Crippen molar-refractivity contribution in [2.24, 2.45) is 5.73 Å². The molecule has 0 aromatic carbocycles. The number of alkyl halides is 3. The summed E-state index contributed by atoms with van der Waals surface area (Å²) in [5, 5.41) is 0. The molecule has 0 fully saturated rings. The minimum absolute atomic E-state index is 0.149. The van der Waals surface area contributed by atoms with E-state index in [0.29, 0.717) is 5.69 Å². The van der Waals surface area contributed by atoms with E-state index in [2.05, 4.69) is 4.98 Å². The molecule has 2 N–H and O–H groups in total. The molecule has 0 amide bonds. The van der Waals surface area contributed by atoms with Gasteiger partial charge in [-0.1, -0.05) is 19.9 Å². The van der Waals surface area contributed by atoms with Gasteiger partial charge in [0.05, 0.1) is 5.69 Å². The van der Waals surface area contributed by atoms with Crippen molar-refractivity contribution >= 4 is 0 Å². The van der Waals surface area contributed by atoms with Gasteiger partial charge in [0.2, 0.25) is 0 Å². The van der Waals surface area contributed by atoms with Crippen LogP contribution in [0.1, 0.15) is 31.7 Å². The molecule has 20 heavy (non-hydrogen) atoms. The van der Waals surface area contributed by atoms with Crippen molar-refractivity contribution in [1.29, 1.82) is 0 Å². The van der Waals surface area contributed by atoms with Crippen LogP contribution in [0, 0.1) is 6.92 Å². The Bertz CT molecular complexity index is 420. The Labute approximate surface area is 118 Å². The summed E-state index contributed by atoms with van der Waals surface area (Å²) in [5.41, 5.74) is 7.10. The summed E-state index contributed by atoms with van der Waals surface area (Å²) in [6, 6.07) is 2.78. The van der Waals surface area contributed by atoms with E-state index >= 15 is 0 Å².